The Morgan fingerprint density at radius 2 is 2.27 bits per heavy atom. The summed E-state index contributed by atoms with van der Waals surface area (Å²) in [5.41, 5.74) is 6.21. The van der Waals surface area contributed by atoms with Crippen molar-refractivity contribution in [1.29, 1.82) is 0 Å². The van der Waals surface area contributed by atoms with Gasteiger partial charge in [-0.05, 0) is 24.6 Å². The maximum Gasteiger partial charge on any atom is 0.239 e. The number of carbonyl (C=O) groups excluding carboxylic acids is 1. The van der Waals surface area contributed by atoms with Crippen molar-refractivity contribution in [3.63, 3.8) is 0 Å². The number of nitrogens with two attached hydrogens (primary N) is 1. The van der Waals surface area contributed by atoms with Crippen LogP contribution in [-0.4, -0.2) is 23.9 Å². The van der Waals surface area contributed by atoms with Gasteiger partial charge in [0, 0.05) is 13.6 Å². The summed E-state index contributed by atoms with van der Waals surface area (Å²) in [4.78, 5) is 12.9. The molecule has 1 aromatic carbocycles. The van der Waals surface area contributed by atoms with Crippen LogP contribution in [0.1, 0.15) is 12.5 Å². The molecule has 0 fully saturated rings. The minimum atomic E-state index is -0.524. The van der Waals surface area contributed by atoms with Gasteiger partial charge in [-0.15, -0.1) is 0 Å². The summed E-state index contributed by atoms with van der Waals surface area (Å²) < 4.78 is 12.8. The van der Waals surface area contributed by atoms with Crippen LogP contribution in [-0.2, 0) is 11.3 Å². The molecule has 0 aromatic heterocycles. The van der Waals surface area contributed by atoms with Crippen molar-refractivity contribution in [2.75, 3.05) is 7.05 Å². The van der Waals surface area contributed by atoms with E-state index >= 15 is 0 Å². The van der Waals surface area contributed by atoms with Crippen molar-refractivity contribution in [2.45, 2.75) is 19.5 Å². The van der Waals surface area contributed by atoms with E-state index in [1.807, 2.05) is 0 Å². The molecule has 1 unspecified atom stereocenters. The number of amides is 1. The van der Waals surface area contributed by atoms with E-state index in [1.165, 1.54) is 17.0 Å². The molecule has 3 nitrogen and oxygen atoms in total. The van der Waals surface area contributed by atoms with Crippen molar-refractivity contribution in [2.24, 2.45) is 5.73 Å². The van der Waals surface area contributed by atoms with Gasteiger partial charge in [-0.25, -0.2) is 4.39 Å². The van der Waals surface area contributed by atoms with Gasteiger partial charge in [0.1, 0.15) is 5.82 Å². The molecule has 4 heteroatoms. The predicted octanol–water partition coefficient (Wildman–Crippen LogP) is 1.13. The van der Waals surface area contributed by atoms with Gasteiger partial charge in [-0.2, -0.15) is 0 Å². The Morgan fingerprint density at radius 1 is 1.60 bits per heavy atom. The second-order valence-corrected chi connectivity index (χ2v) is 3.61. The third-order valence-corrected chi connectivity index (χ3v) is 2.07. The van der Waals surface area contributed by atoms with Gasteiger partial charge in [0.2, 0.25) is 5.91 Å². The van der Waals surface area contributed by atoms with E-state index in [-0.39, 0.29) is 11.7 Å². The van der Waals surface area contributed by atoms with Crippen molar-refractivity contribution < 1.29 is 9.18 Å². The first-order valence-corrected chi connectivity index (χ1v) is 4.75. The lowest BCUT2D eigenvalue weighted by Crippen LogP contribution is -2.39. The molecule has 0 saturated carbocycles. The maximum atomic E-state index is 12.8. The molecule has 1 rings (SSSR count). The van der Waals surface area contributed by atoms with Crippen molar-refractivity contribution in [3.8, 4) is 0 Å². The van der Waals surface area contributed by atoms with E-state index in [4.69, 9.17) is 5.73 Å². The minimum Gasteiger partial charge on any atom is -0.340 e. The number of rotatable bonds is 3. The lowest BCUT2D eigenvalue weighted by Gasteiger charge is -2.19. The lowest BCUT2D eigenvalue weighted by molar-refractivity contribution is -0.131. The largest absolute Gasteiger partial charge is 0.340 e. The zero-order valence-electron chi connectivity index (χ0n) is 8.90. The summed E-state index contributed by atoms with van der Waals surface area (Å²) in [5, 5.41) is 0. The van der Waals surface area contributed by atoms with Crippen molar-refractivity contribution in [1.82, 2.24) is 4.90 Å². The second-order valence-electron chi connectivity index (χ2n) is 3.61. The average Bonchev–Trinajstić information content (AvgIpc) is 2.16. The molecule has 0 radical (unpaired) electrons. The molecule has 0 aliphatic heterocycles. The molecule has 1 amide bonds. The summed E-state index contributed by atoms with van der Waals surface area (Å²) in [6.45, 7) is 2.00. The summed E-state index contributed by atoms with van der Waals surface area (Å²) in [6.07, 6.45) is 0. The molecule has 0 saturated heterocycles. The quantitative estimate of drug-likeness (QED) is 0.813. The van der Waals surface area contributed by atoms with Crippen LogP contribution in [0.3, 0.4) is 0 Å². The van der Waals surface area contributed by atoms with E-state index in [9.17, 15) is 9.18 Å². The van der Waals surface area contributed by atoms with Gasteiger partial charge < -0.3 is 10.6 Å². The lowest BCUT2D eigenvalue weighted by atomic mass is 10.2. The Kier molecular flexibility index (Phi) is 3.80. The topological polar surface area (TPSA) is 46.3 Å². The molecule has 0 spiro atoms. The molecule has 1 aromatic rings. The van der Waals surface area contributed by atoms with Crippen LogP contribution in [0.4, 0.5) is 4.39 Å². The first-order valence-electron chi connectivity index (χ1n) is 4.75. The Morgan fingerprint density at radius 3 is 2.80 bits per heavy atom. The number of nitrogens with zero attached hydrogens (tertiary/aromatic N) is 1. The van der Waals surface area contributed by atoms with Crippen LogP contribution in [0, 0.1) is 5.82 Å². The van der Waals surface area contributed by atoms with E-state index in [0.717, 1.165) is 5.56 Å². The van der Waals surface area contributed by atoms with E-state index < -0.39 is 6.04 Å². The Hall–Kier alpha value is -1.42. The van der Waals surface area contributed by atoms with Crippen LogP contribution in [0.5, 0.6) is 0 Å². The van der Waals surface area contributed by atoms with Gasteiger partial charge in [0.25, 0.3) is 0 Å². The fourth-order valence-electron chi connectivity index (χ4n) is 1.33. The number of likely N-dealkylation sites (N-methyl/N-ethyl adjacent to an activating group) is 1. The highest BCUT2D eigenvalue weighted by Crippen LogP contribution is 2.06. The van der Waals surface area contributed by atoms with E-state index in [1.54, 1.807) is 26.1 Å². The molecular weight excluding hydrogens is 195 g/mol. The van der Waals surface area contributed by atoms with Crippen LogP contribution >= 0.6 is 0 Å². The Bertz CT molecular complexity index is 352. The summed E-state index contributed by atoms with van der Waals surface area (Å²) in [6, 6.07) is 5.65. The van der Waals surface area contributed by atoms with Crippen molar-refractivity contribution >= 4 is 5.91 Å². The zero-order valence-corrected chi connectivity index (χ0v) is 8.90. The molecule has 1 atom stereocenters. The monoisotopic (exact) mass is 210 g/mol. The number of benzene rings is 1. The smallest absolute Gasteiger partial charge is 0.239 e. The first-order chi connectivity index (χ1) is 7.00. The second kappa shape index (κ2) is 4.89. The predicted molar refractivity (Wildman–Crippen MR) is 56.5 cm³/mol. The number of hydrogen-bond donors (Lipinski definition) is 1. The number of hydrogen-bond acceptors (Lipinski definition) is 2. The Balaban J connectivity index is 2.66. The third kappa shape index (κ3) is 3.32. The molecule has 15 heavy (non-hydrogen) atoms. The highest BCUT2D eigenvalue weighted by atomic mass is 19.1. The van der Waals surface area contributed by atoms with Gasteiger partial charge in [-0.3, -0.25) is 4.79 Å². The fraction of sp³-hybridized carbons (Fsp3) is 0.364. The van der Waals surface area contributed by atoms with Crippen LogP contribution in [0.15, 0.2) is 24.3 Å². The summed E-state index contributed by atoms with van der Waals surface area (Å²) in [5.74, 6) is -0.451. The zero-order chi connectivity index (χ0) is 11.4. The van der Waals surface area contributed by atoms with Crippen LogP contribution < -0.4 is 5.73 Å². The van der Waals surface area contributed by atoms with Crippen molar-refractivity contribution in [3.05, 3.63) is 35.6 Å². The molecule has 0 aliphatic rings. The highest BCUT2D eigenvalue weighted by Gasteiger charge is 2.13. The van der Waals surface area contributed by atoms with Crippen LogP contribution in [0.2, 0.25) is 0 Å². The van der Waals surface area contributed by atoms with Crippen LogP contribution in [0.25, 0.3) is 0 Å². The van der Waals surface area contributed by atoms with E-state index in [2.05, 4.69) is 0 Å². The van der Waals surface area contributed by atoms with E-state index in [0.29, 0.717) is 6.54 Å². The standard InChI is InChI=1S/C11H15FN2O/c1-8(13)11(15)14(2)7-9-4-3-5-10(12)6-9/h3-6,8H,7,13H2,1-2H3. The van der Waals surface area contributed by atoms with Gasteiger partial charge >= 0.3 is 0 Å². The number of carbonyl (C=O) groups is 1. The first kappa shape index (κ1) is 11.7. The minimum absolute atomic E-state index is 0.153. The fourth-order valence-corrected chi connectivity index (χ4v) is 1.33. The molecule has 0 bridgehead atoms. The van der Waals surface area contributed by atoms with Gasteiger partial charge in [-0.1, -0.05) is 12.1 Å². The molecule has 0 aliphatic carbocycles. The highest BCUT2D eigenvalue weighted by molar-refractivity contribution is 5.80. The molecule has 2 N–H and O–H groups in total. The Labute approximate surface area is 88.7 Å². The number of halogens is 1. The SMILES string of the molecule is CC(N)C(=O)N(C)Cc1cccc(F)c1. The van der Waals surface area contributed by atoms with Gasteiger partial charge in [0.15, 0.2) is 0 Å². The van der Waals surface area contributed by atoms with Gasteiger partial charge in [0.05, 0.1) is 6.04 Å². The summed E-state index contributed by atoms with van der Waals surface area (Å²) in [7, 11) is 1.65. The summed E-state index contributed by atoms with van der Waals surface area (Å²) >= 11 is 0. The maximum absolute atomic E-state index is 12.8. The molecule has 82 valence electrons. The average molecular weight is 210 g/mol. The normalized spacial score (nSPS) is 12.3. The molecule has 0 heterocycles. The molecular formula is C11H15FN2O. The third-order valence-electron chi connectivity index (χ3n) is 2.07.